The van der Waals surface area contributed by atoms with E-state index in [0.29, 0.717) is 30.2 Å². The van der Waals surface area contributed by atoms with E-state index in [1.54, 1.807) is 56.5 Å². The normalized spacial score (nSPS) is 11.1. The van der Waals surface area contributed by atoms with Gasteiger partial charge in [0.05, 0.1) is 17.2 Å². The lowest BCUT2D eigenvalue weighted by Gasteiger charge is -2.13. The van der Waals surface area contributed by atoms with Crippen molar-refractivity contribution in [2.45, 2.75) is 18.7 Å². The fourth-order valence-electron chi connectivity index (χ4n) is 2.95. The van der Waals surface area contributed by atoms with E-state index in [4.69, 9.17) is 9.47 Å². The predicted octanol–water partition coefficient (Wildman–Crippen LogP) is 3.67. The fourth-order valence-corrected chi connectivity index (χ4v) is 4.33. The van der Waals surface area contributed by atoms with Gasteiger partial charge < -0.3 is 14.8 Å². The molecule has 32 heavy (non-hydrogen) atoms. The molecule has 1 aromatic heterocycles. The first-order chi connectivity index (χ1) is 15.3. The van der Waals surface area contributed by atoms with Gasteiger partial charge in [0.25, 0.3) is 15.9 Å². The number of benzene rings is 2. The van der Waals surface area contributed by atoms with Crippen LogP contribution < -0.4 is 14.8 Å². The highest BCUT2D eigenvalue weighted by molar-refractivity contribution is 7.92. The number of pyridine rings is 1. The summed E-state index contributed by atoms with van der Waals surface area (Å²) in [5.41, 5.74) is 2.07. The molecule has 168 valence electrons. The Labute approximate surface area is 187 Å². The molecular formula is C23H25N3O5S. The molecule has 0 aliphatic heterocycles. The summed E-state index contributed by atoms with van der Waals surface area (Å²) >= 11 is 0. The van der Waals surface area contributed by atoms with Gasteiger partial charge in [-0.05, 0) is 55.3 Å². The summed E-state index contributed by atoms with van der Waals surface area (Å²) in [5, 5.41) is 2.72. The first-order valence-corrected chi connectivity index (χ1v) is 11.4. The minimum Gasteiger partial charge on any atom is -0.438 e. The summed E-state index contributed by atoms with van der Waals surface area (Å²) in [7, 11) is -2.24. The van der Waals surface area contributed by atoms with Crippen molar-refractivity contribution in [2.24, 2.45) is 0 Å². The molecule has 0 unspecified atom stereocenters. The van der Waals surface area contributed by atoms with E-state index in [0.717, 1.165) is 5.56 Å². The van der Waals surface area contributed by atoms with Crippen LogP contribution in [-0.4, -0.2) is 39.6 Å². The topological polar surface area (TPSA) is 107 Å². The molecule has 0 bridgehead atoms. The predicted molar refractivity (Wildman–Crippen MR) is 122 cm³/mol. The molecular weight excluding hydrogens is 430 g/mol. The Kier molecular flexibility index (Phi) is 7.45. The highest BCUT2D eigenvalue weighted by atomic mass is 32.2. The molecule has 2 aromatic carbocycles. The van der Waals surface area contributed by atoms with Gasteiger partial charge in [-0.2, -0.15) is 0 Å². The van der Waals surface area contributed by atoms with Gasteiger partial charge in [-0.1, -0.05) is 18.2 Å². The summed E-state index contributed by atoms with van der Waals surface area (Å²) < 4.78 is 39.1. The molecule has 1 heterocycles. The van der Waals surface area contributed by atoms with Gasteiger partial charge in [0.2, 0.25) is 5.88 Å². The van der Waals surface area contributed by atoms with Crippen LogP contribution in [0.15, 0.2) is 65.7 Å². The van der Waals surface area contributed by atoms with Crippen molar-refractivity contribution in [3.8, 4) is 11.6 Å². The molecule has 0 aliphatic rings. The number of carbonyl (C=O) groups excluding carboxylic acids is 1. The maximum atomic E-state index is 12.9. The number of methoxy groups -OCH3 is 1. The maximum Gasteiger partial charge on any atom is 0.262 e. The number of sulfonamides is 1. The number of anilines is 1. The van der Waals surface area contributed by atoms with E-state index in [1.165, 1.54) is 12.3 Å². The third kappa shape index (κ3) is 5.83. The van der Waals surface area contributed by atoms with Crippen molar-refractivity contribution < 1.29 is 22.7 Å². The number of amides is 1. The summed E-state index contributed by atoms with van der Waals surface area (Å²) in [6.07, 6.45) is 1.51. The van der Waals surface area contributed by atoms with Crippen LogP contribution in [0.2, 0.25) is 0 Å². The van der Waals surface area contributed by atoms with Gasteiger partial charge in [0, 0.05) is 25.9 Å². The first-order valence-electron chi connectivity index (χ1n) is 9.90. The van der Waals surface area contributed by atoms with Gasteiger partial charge in [-0.15, -0.1) is 0 Å². The van der Waals surface area contributed by atoms with Crippen LogP contribution in [0.1, 0.15) is 21.5 Å². The molecule has 8 nitrogen and oxygen atoms in total. The van der Waals surface area contributed by atoms with Crippen LogP contribution in [0.25, 0.3) is 0 Å². The second kappa shape index (κ2) is 10.3. The summed E-state index contributed by atoms with van der Waals surface area (Å²) in [4.78, 5) is 16.8. The lowest BCUT2D eigenvalue weighted by atomic mass is 10.2. The monoisotopic (exact) mass is 455 g/mol. The number of carbonyl (C=O) groups is 1. The molecule has 0 saturated carbocycles. The second-order valence-corrected chi connectivity index (χ2v) is 8.76. The lowest BCUT2D eigenvalue weighted by Crippen LogP contribution is -2.27. The van der Waals surface area contributed by atoms with Crippen LogP contribution in [-0.2, 0) is 14.8 Å². The zero-order valence-electron chi connectivity index (χ0n) is 18.1. The molecule has 0 aliphatic carbocycles. The zero-order valence-corrected chi connectivity index (χ0v) is 18.9. The van der Waals surface area contributed by atoms with E-state index in [1.807, 2.05) is 13.0 Å². The molecule has 3 rings (SSSR count). The Hall–Kier alpha value is -3.43. The Morgan fingerprint density at radius 2 is 1.88 bits per heavy atom. The van der Waals surface area contributed by atoms with Crippen molar-refractivity contribution in [1.29, 1.82) is 0 Å². The molecule has 0 saturated heterocycles. The van der Waals surface area contributed by atoms with E-state index < -0.39 is 10.0 Å². The van der Waals surface area contributed by atoms with Gasteiger partial charge in [0.15, 0.2) is 0 Å². The van der Waals surface area contributed by atoms with E-state index in [2.05, 4.69) is 15.0 Å². The van der Waals surface area contributed by atoms with Gasteiger partial charge in [-0.25, -0.2) is 13.4 Å². The maximum absolute atomic E-state index is 12.9. The van der Waals surface area contributed by atoms with Crippen LogP contribution >= 0.6 is 0 Å². The Bertz CT molecular complexity index is 1210. The van der Waals surface area contributed by atoms with Crippen molar-refractivity contribution in [3.63, 3.8) is 0 Å². The molecule has 2 N–H and O–H groups in total. The number of nitrogens with one attached hydrogen (secondary N) is 2. The molecule has 0 radical (unpaired) electrons. The van der Waals surface area contributed by atoms with Crippen molar-refractivity contribution >= 4 is 21.6 Å². The standard InChI is InChI=1S/C23H25N3O5S/c1-16-9-10-17(2)21(14-16)32(28,29)26-18-6-4-7-19(15-18)31-23-20(8-5-11-25-23)22(27)24-12-13-30-3/h4-11,14-15,26H,12-13H2,1-3H3,(H,24,27). The van der Waals surface area contributed by atoms with Gasteiger partial charge >= 0.3 is 0 Å². The third-order valence-electron chi connectivity index (χ3n) is 4.54. The van der Waals surface area contributed by atoms with Crippen LogP contribution in [0, 0.1) is 13.8 Å². The number of rotatable bonds is 9. The number of hydrogen-bond acceptors (Lipinski definition) is 6. The Morgan fingerprint density at radius 3 is 2.66 bits per heavy atom. The van der Waals surface area contributed by atoms with Crippen molar-refractivity contribution in [3.05, 3.63) is 77.5 Å². The summed E-state index contributed by atoms with van der Waals surface area (Å²) in [6, 6.07) is 14.9. The van der Waals surface area contributed by atoms with Crippen LogP contribution in [0.3, 0.4) is 0 Å². The van der Waals surface area contributed by atoms with Gasteiger partial charge in [0.1, 0.15) is 11.3 Å². The van der Waals surface area contributed by atoms with Crippen LogP contribution in [0.4, 0.5) is 5.69 Å². The Morgan fingerprint density at radius 1 is 1.06 bits per heavy atom. The Balaban J connectivity index is 1.81. The number of nitrogens with zero attached hydrogens (tertiary/aromatic N) is 1. The fraction of sp³-hybridized carbons (Fsp3) is 0.217. The second-order valence-electron chi connectivity index (χ2n) is 7.11. The molecule has 0 spiro atoms. The molecule has 0 atom stereocenters. The van der Waals surface area contributed by atoms with E-state index in [9.17, 15) is 13.2 Å². The molecule has 0 fully saturated rings. The van der Waals surface area contributed by atoms with E-state index in [-0.39, 0.29) is 22.2 Å². The third-order valence-corrected chi connectivity index (χ3v) is 6.06. The van der Waals surface area contributed by atoms with Crippen LogP contribution in [0.5, 0.6) is 11.6 Å². The van der Waals surface area contributed by atoms with Crippen molar-refractivity contribution in [1.82, 2.24) is 10.3 Å². The molecule has 3 aromatic rings. The summed E-state index contributed by atoms with van der Waals surface area (Å²) in [5.74, 6) is 0.0877. The van der Waals surface area contributed by atoms with E-state index >= 15 is 0 Å². The minimum absolute atomic E-state index is 0.108. The number of aromatic nitrogens is 1. The average molecular weight is 456 g/mol. The zero-order chi connectivity index (χ0) is 23.1. The molecule has 1 amide bonds. The first kappa shape index (κ1) is 23.2. The summed E-state index contributed by atoms with van der Waals surface area (Å²) in [6.45, 7) is 4.31. The minimum atomic E-state index is -3.79. The quantitative estimate of drug-likeness (QED) is 0.477. The highest BCUT2D eigenvalue weighted by Crippen LogP contribution is 2.27. The highest BCUT2D eigenvalue weighted by Gasteiger charge is 2.18. The molecule has 9 heteroatoms. The average Bonchev–Trinajstić information content (AvgIpc) is 2.76. The smallest absolute Gasteiger partial charge is 0.262 e. The van der Waals surface area contributed by atoms with Gasteiger partial charge in [-0.3, -0.25) is 9.52 Å². The largest absolute Gasteiger partial charge is 0.438 e. The number of hydrogen-bond donors (Lipinski definition) is 2. The SMILES string of the molecule is COCCNC(=O)c1cccnc1Oc1cccc(NS(=O)(=O)c2cc(C)ccc2C)c1. The number of aryl methyl sites for hydroxylation is 2. The lowest BCUT2D eigenvalue weighted by molar-refractivity contribution is 0.0934. The number of ether oxygens (including phenoxy) is 2. The van der Waals surface area contributed by atoms with Crippen molar-refractivity contribution in [2.75, 3.05) is 25.0 Å².